The van der Waals surface area contributed by atoms with Crippen LogP contribution in [0.2, 0.25) is 0 Å². The van der Waals surface area contributed by atoms with Gasteiger partial charge in [-0.1, -0.05) is 18.2 Å². The molecule has 0 unspecified atom stereocenters. The maximum atomic E-state index is 12.8. The third-order valence-electron chi connectivity index (χ3n) is 3.60. The quantitative estimate of drug-likeness (QED) is 0.578. The van der Waals surface area contributed by atoms with E-state index in [4.69, 9.17) is 11.6 Å². The van der Waals surface area contributed by atoms with Gasteiger partial charge >= 0.3 is 0 Å². The van der Waals surface area contributed by atoms with Crippen molar-refractivity contribution in [1.82, 2.24) is 18.9 Å². The van der Waals surface area contributed by atoms with Gasteiger partial charge in [-0.25, -0.2) is 22.4 Å². The van der Waals surface area contributed by atoms with Crippen molar-refractivity contribution in [1.29, 1.82) is 0 Å². The van der Waals surface area contributed by atoms with Crippen LogP contribution in [-0.2, 0) is 15.9 Å². The van der Waals surface area contributed by atoms with Crippen LogP contribution in [0.3, 0.4) is 0 Å². The number of rotatable bonds is 3. The Morgan fingerprint density at radius 1 is 1.17 bits per heavy atom. The summed E-state index contributed by atoms with van der Waals surface area (Å²) >= 11 is 5.79. The fourth-order valence-corrected chi connectivity index (χ4v) is 3.99. The largest absolute Gasteiger partial charge is 0.340 e. The molecule has 0 saturated heterocycles. The highest BCUT2D eigenvalue weighted by atomic mass is 35.5. The zero-order valence-electron chi connectivity index (χ0n) is 11.8. The second-order valence-electron chi connectivity index (χ2n) is 5.00. The number of H-pyrrole nitrogens is 1. The van der Waals surface area contributed by atoms with Crippen molar-refractivity contribution < 1.29 is 8.42 Å². The van der Waals surface area contributed by atoms with E-state index in [0.717, 1.165) is 5.52 Å². The van der Waals surface area contributed by atoms with Crippen LogP contribution in [0.5, 0.6) is 0 Å². The average molecular weight is 347 g/mol. The van der Waals surface area contributed by atoms with Crippen LogP contribution in [0.25, 0.3) is 22.1 Å². The van der Waals surface area contributed by atoms with Crippen LogP contribution in [0.15, 0.2) is 53.7 Å². The predicted molar refractivity (Wildman–Crippen MR) is 88.0 cm³/mol. The van der Waals surface area contributed by atoms with Crippen molar-refractivity contribution in [3.8, 4) is 0 Å². The molecular weight excluding hydrogens is 336 g/mol. The molecule has 0 radical (unpaired) electrons. The minimum absolute atomic E-state index is 0.211. The van der Waals surface area contributed by atoms with Crippen molar-refractivity contribution in [3.05, 3.63) is 54.6 Å². The van der Waals surface area contributed by atoms with E-state index in [1.54, 1.807) is 42.6 Å². The Hall–Kier alpha value is -2.38. The molecule has 0 bridgehead atoms. The maximum absolute atomic E-state index is 12.8. The number of benzene rings is 1. The SMILES string of the molecule is O=S(=O)(c1ccccc1)n1ccc2c3nc(CCl)[nH]c3cnc21. The van der Waals surface area contributed by atoms with Gasteiger partial charge < -0.3 is 4.98 Å². The maximum Gasteiger partial charge on any atom is 0.269 e. The molecule has 1 N–H and O–H groups in total. The lowest BCUT2D eigenvalue weighted by Crippen LogP contribution is -2.12. The Labute approximate surface area is 136 Å². The van der Waals surface area contributed by atoms with Crippen molar-refractivity contribution in [2.75, 3.05) is 0 Å². The van der Waals surface area contributed by atoms with Crippen LogP contribution >= 0.6 is 11.6 Å². The number of nitrogens with one attached hydrogen (secondary N) is 1. The summed E-state index contributed by atoms with van der Waals surface area (Å²) in [7, 11) is -3.70. The van der Waals surface area contributed by atoms with Gasteiger partial charge in [0.05, 0.1) is 22.5 Å². The summed E-state index contributed by atoms with van der Waals surface area (Å²) in [5.74, 6) is 0.869. The van der Waals surface area contributed by atoms with Crippen molar-refractivity contribution >= 4 is 43.7 Å². The minimum atomic E-state index is -3.70. The number of aromatic amines is 1. The number of aromatic nitrogens is 4. The molecule has 0 atom stereocenters. The summed E-state index contributed by atoms with van der Waals surface area (Å²) in [4.78, 5) is 11.9. The number of fused-ring (bicyclic) bond motifs is 3. The topological polar surface area (TPSA) is 80.6 Å². The van der Waals surface area contributed by atoms with Crippen LogP contribution in [0.1, 0.15) is 5.82 Å². The van der Waals surface area contributed by atoms with E-state index in [9.17, 15) is 8.42 Å². The van der Waals surface area contributed by atoms with Crippen molar-refractivity contribution in [3.63, 3.8) is 0 Å². The first-order valence-electron chi connectivity index (χ1n) is 6.82. The van der Waals surface area contributed by atoms with Crippen LogP contribution in [0.4, 0.5) is 0 Å². The summed E-state index contributed by atoms with van der Waals surface area (Å²) in [6.07, 6.45) is 3.06. The molecule has 3 aromatic heterocycles. The van der Waals surface area contributed by atoms with Gasteiger partial charge in [0.15, 0.2) is 5.65 Å². The fraction of sp³-hybridized carbons (Fsp3) is 0.0667. The summed E-state index contributed by atoms with van der Waals surface area (Å²) < 4.78 is 26.7. The van der Waals surface area contributed by atoms with E-state index in [1.165, 1.54) is 10.2 Å². The van der Waals surface area contributed by atoms with Gasteiger partial charge in [-0.05, 0) is 18.2 Å². The zero-order valence-corrected chi connectivity index (χ0v) is 13.3. The third kappa shape index (κ3) is 2.12. The first-order chi connectivity index (χ1) is 11.1. The molecule has 0 spiro atoms. The fourth-order valence-electron chi connectivity index (χ4n) is 2.54. The second-order valence-corrected chi connectivity index (χ2v) is 7.09. The highest BCUT2D eigenvalue weighted by Crippen LogP contribution is 2.26. The van der Waals surface area contributed by atoms with E-state index in [2.05, 4.69) is 15.0 Å². The van der Waals surface area contributed by atoms with Crippen molar-refractivity contribution in [2.45, 2.75) is 10.8 Å². The van der Waals surface area contributed by atoms with Gasteiger partial charge in [-0.2, -0.15) is 0 Å². The molecule has 1 aromatic carbocycles. The lowest BCUT2D eigenvalue weighted by Gasteiger charge is -2.06. The highest BCUT2D eigenvalue weighted by molar-refractivity contribution is 7.90. The number of hydrogen-bond acceptors (Lipinski definition) is 4. The van der Waals surface area contributed by atoms with E-state index in [-0.39, 0.29) is 10.8 Å². The smallest absolute Gasteiger partial charge is 0.269 e. The molecule has 23 heavy (non-hydrogen) atoms. The predicted octanol–water partition coefficient (Wildman–Crippen LogP) is 2.89. The molecular formula is C15H11ClN4O2S. The van der Waals surface area contributed by atoms with Gasteiger partial charge in [0.25, 0.3) is 10.0 Å². The molecule has 3 heterocycles. The zero-order chi connectivity index (χ0) is 16.0. The lowest BCUT2D eigenvalue weighted by molar-refractivity contribution is 0.589. The van der Waals surface area contributed by atoms with Gasteiger partial charge in [-0.3, -0.25) is 0 Å². The lowest BCUT2D eigenvalue weighted by atomic mass is 10.3. The molecule has 116 valence electrons. The molecule has 0 aliphatic heterocycles. The van der Waals surface area contributed by atoms with E-state index < -0.39 is 10.0 Å². The number of nitrogens with zero attached hydrogens (tertiary/aromatic N) is 3. The summed E-state index contributed by atoms with van der Waals surface area (Å²) in [6.45, 7) is 0. The molecule has 0 aliphatic carbocycles. The highest BCUT2D eigenvalue weighted by Gasteiger charge is 2.20. The molecule has 0 fully saturated rings. The number of pyridine rings is 1. The second kappa shape index (κ2) is 5.07. The molecule has 8 heteroatoms. The number of hydrogen-bond donors (Lipinski definition) is 1. The Morgan fingerprint density at radius 3 is 2.70 bits per heavy atom. The summed E-state index contributed by atoms with van der Waals surface area (Å²) in [6, 6.07) is 9.95. The summed E-state index contributed by atoms with van der Waals surface area (Å²) in [5, 5.41) is 0.662. The molecule has 0 amide bonds. The molecule has 0 saturated carbocycles. The van der Waals surface area contributed by atoms with E-state index >= 15 is 0 Å². The van der Waals surface area contributed by atoms with Crippen LogP contribution < -0.4 is 0 Å². The Morgan fingerprint density at radius 2 is 1.96 bits per heavy atom. The van der Waals surface area contributed by atoms with Crippen LogP contribution in [0, 0.1) is 0 Å². The Bertz CT molecular complexity index is 1120. The first kappa shape index (κ1) is 14.2. The first-order valence-corrected chi connectivity index (χ1v) is 8.80. The normalized spacial score (nSPS) is 12.2. The van der Waals surface area contributed by atoms with Gasteiger partial charge in [0, 0.05) is 11.6 Å². The summed E-state index contributed by atoms with van der Waals surface area (Å²) in [5.41, 5.74) is 1.73. The van der Waals surface area contributed by atoms with Gasteiger partial charge in [0.1, 0.15) is 11.3 Å². The standard InChI is InChI=1S/C15H11ClN4O2S/c16-8-13-18-12-9-17-15-11(14(12)19-13)6-7-20(15)23(21,22)10-4-2-1-3-5-10/h1-7,9H,8H2,(H,18,19). The third-order valence-corrected chi connectivity index (χ3v) is 5.54. The Balaban J connectivity index is 1.99. The van der Waals surface area contributed by atoms with Crippen LogP contribution in [-0.4, -0.2) is 27.3 Å². The molecule has 4 aromatic rings. The van der Waals surface area contributed by atoms with E-state index in [1.807, 2.05) is 0 Å². The van der Waals surface area contributed by atoms with Gasteiger partial charge in [-0.15, -0.1) is 11.6 Å². The number of imidazole rings is 1. The van der Waals surface area contributed by atoms with Gasteiger partial charge in [0.2, 0.25) is 0 Å². The number of halogens is 1. The molecule has 4 rings (SSSR count). The van der Waals surface area contributed by atoms with E-state index in [0.29, 0.717) is 22.4 Å². The molecule has 0 aliphatic rings. The monoisotopic (exact) mass is 346 g/mol. The number of alkyl halides is 1. The Kier molecular flexibility index (Phi) is 3.14. The molecule has 6 nitrogen and oxygen atoms in total. The van der Waals surface area contributed by atoms with Crippen molar-refractivity contribution in [2.24, 2.45) is 0 Å². The average Bonchev–Trinajstić information content (AvgIpc) is 3.18. The minimum Gasteiger partial charge on any atom is -0.340 e.